The van der Waals surface area contributed by atoms with Crippen molar-refractivity contribution in [3.05, 3.63) is 64.7 Å². The number of benzene rings is 2. The Morgan fingerprint density at radius 1 is 1.03 bits per heavy atom. The van der Waals surface area contributed by atoms with Crippen molar-refractivity contribution in [3.8, 4) is 11.5 Å². The van der Waals surface area contributed by atoms with Gasteiger partial charge in [0.05, 0.1) is 24.8 Å². The topological polar surface area (TPSA) is 76.1 Å². The summed E-state index contributed by atoms with van der Waals surface area (Å²) in [6.07, 6.45) is 3.82. The number of methoxy groups -OCH3 is 1. The highest BCUT2D eigenvalue weighted by Crippen LogP contribution is 2.44. The SMILES string of the molecule is COc1ccc(/C(O)=C2/C(=O)C(=O)N(C3CCCC3)C2c2ccc(OC(C)C)cc2)c(C)c1. The molecule has 0 radical (unpaired) electrons. The summed E-state index contributed by atoms with van der Waals surface area (Å²) in [5.41, 5.74) is 2.20. The Balaban J connectivity index is 1.84. The van der Waals surface area contributed by atoms with Crippen molar-refractivity contribution in [3.63, 3.8) is 0 Å². The maximum absolute atomic E-state index is 13.3. The first-order valence-corrected chi connectivity index (χ1v) is 11.5. The van der Waals surface area contributed by atoms with E-state index in [9.17, 15) is 14.7 Å². The molecule has 2 fully saturated rings. The Morgan fingerprint density at radius 3 is 2.24 bits per heavy atom. The fraction of sp³-hybridized carbons (Fsp3) is 0.407. The van der Waals surface area contributed by atoms with Crippen LogP contribution in [0.1, 0.15) is 62.3 Å². The summed E-state index contributed by atoms with van der Waals surface area (Å²) in [6.45, 7) is 5.76. The van der Waals surface area contributed by atoms with Crippen LogP contribution in [0.2, 0.25) is 0 Å². The molecule has 33 heavy (non-hydrogen) atoms. The number of amides is 1. The number of carbonyl (C=O) groups excluding carboxylic acids is 2. The van der Waals surface area contributed by atoms with Crippen molar-refractivity contribution in [1.29, 1.82) is 0 Å². The summed E-state index contributed by atoms with van der Waals surface area (Å²) >= 11 is 0. The first-order chi connectivity index (χ1) is 15.8. The lowest BCUT2D eigenvalue weighted by atomic mass is 9.93. The molecule has 2 aliphatic rings. The maximum Gasteiger partial charge on any atom is 0.295 e. The van der Waals surface area contributed by atoms with Gasteiger partial charge in [0.15, 0.2) is 0 Å². The number of likely N-dealkylation sites (tertiary alicyclic amines) is 1. The minimum absolute atomic E-state index is 0.0136. The summed E-state index contributed by atoms with van der Waals surface area (Å²) in [4.78, 5) is 28.2. The van der Waals surface area contributed by atoms with Crippen LogP contribution < -0.4 is 9.47 Å². The number of aliphatic hydroxyl groups is 1. The molecule has 1 N–H and O–H groups in total. The Hall–Kier alpha value is -3.28. The quantitative estimate of drug-likeness (QED) is 0.375. The zero-order chi connectivity index (χ0) is 23.7. The number of Topliss-reactive ketones (excluding diaryl/α,β-unsaturated/α-hetero) is 1. The Kier molecular flexibility index (Phi) is 6.45. The molecular formula is C27H31NO5. The predicted octanol–water partition coefficient (Wildman–Crippen LogP) is 5.16. The van der Waals surface area contributed by atoms with E-state index in [2.05, 4.69) is 0 Å². The van der Waals surface area contributed by atoms with Crippen LogP contribution in [0.25, 0.3) is 5.76 Å². The molecule has 1 saturated heterocycles. The number of ketones is 1. The van der Waals surface area contributed by atoms with Crippen molar-refractivity contribution in [2.75, 3.05) is 7.11 Å². The van der Waals surface area contributed by atoms with Gasteiger partial charge >= 0.3 is 0 Å². The summed E-state index contributed by atoms with van der Waals surface area (Å²) in [6, 6.07) is 12.1. The van der Waals surface area contributed by atoms with E-state index in [0.29, 0.717) is 11.3 Å². The van der Waals surface area contributed by atoms with E-state index in [1.54, 1.807) is 30.2 Å². The maximum atomic E-state index is 13.3. The molecule has 174 valence electrons. The second-order valence-corrected chi connectivity index (χ2v) is 9.06. The van der Waals surface area contributed by atoms with Crippen LogP contribution in [0.5, 0.6) is 11.5 Å². The molecule has 1 heterocycles. The van der Waals surface area contributed by atoms with Crippen molar-refractivity contribution < 1.29 is 24.2 Å². The molecule has 2 aromatic rings. The summed E-state index contributed by atoms with van der Waals surface area (Å²) in [7, 11) is 1.58. The van der Waals surface area contributed by atoms with Gasteiger partial charge in [-0.15, -0.1) is 0 Å². The molecule has 1 atom stereocenters. The number of rotatable bonds is 6. The molecule has 6 nitrogen and oxygen atoms in total. The molecule has 4 rings (SSSR count). The molecule has 0 spiro atoms. The van der Waals surface area contributed by atoms with Gasteiger partial charge in [0.1, 0.15) is 17.3 Å². The highest BCUT2D eigenvalue weighted by molar-refractivity contribution is 6.46. The van der Waals surface area contributed by atoms with Crippen LogP contribution in [0.3, 0.4) is 0 Å². The third-order valence-corrected chi connectivity index (χ3v) is 6.45. The van der Waals surface area contributed by atoms with E-state index in [1.165, 1.54) is 0 Å². The second kappa shape index (κ2) is 9.30. The van der Waals surface area contributed by atoms with Crippen molar-refractivity contribution >= 4 is 17.4 Å². The number of hydrogen-bond donors (Lipinski definition) is 1. The first kappa shape index (κ1) is 22.9. The number of aryl methyl sites for hydroxylation is 1. The van der Waals surface area contributed by atoms with Crippen molar-refractivity contribution in [2.24, 2.45) is 0 Å². The Labute approximate surface area is 194 Å². The third-order valence-electron chi connectivity index (χ3n) is 6.45. The van der Waals surface area contributed by atoms with Crippen LogP contribution >= 0.6 is 0 Å². The smallest absolute Gasteiger partial charge is 0.295 e. The van der Waals surface area contributed by atoms with Gasteiger partial charge < -0.3 is 19.5 Å². The Morgan fingerprint density at radius 2 is 1.67 bits per heavy atom. The van der Waals surface area contributed by atoms with Crippen molar-refractivity contribution in [2.45, 2.75) is 64.6 Å². The van der Waals surface area contributed by atoms with Gasteiger partial charge in [0.2, 0.25) is 0 Å². The predicted molar refractivity (Wildman–Crippen MR) is 126 cm³/mol. The zero-order valence-corrected chi connectivity index (χ0v) is 19.6. The standard InChI is InChI=1S/C27H31NO5/c1-16(2)33-20-11-9-18(10-12-20)24-23(25(29)22-14-13-21(32-4)15-17(22)3)26(30)27(31)28(24)19-7-5-6-8-19/h9-16,19,24,29H,5-8H2,1-4H3/b25-23-. The molecular weight excluding hydrogens is 418 g/mol. The van der Waals surface area contributed by atoms with E-state index < -0.39 is 17.7 Å². The fourth-order valence-corrected chi connectivity index (χ4v) is 4.91. The van der Waals surface area contributed by atoms with Gasteiger partial charge in [-0.2, -0.15) is 0 Å². The van der Waals surface area contributed by atoms with Gasteiger partial charge in [-0.25, -0.2) is 0 Å². The fourth-order valence-electron chi connectivity index (χ4n) is 4.91. The highest BCUT2D eigenvalue weighted by Gasteiger charge is 2.49. The summed E-state index contributed by atoms with van der Waals surface area (Å²) in [5.74, 6) is 0.0519. The summed E-state index contributed by atoms with van der Waals surface area (Å²) < 4.78 is 11.0. The normalized spacial score (nSPS) is 20.6. The molecule has 0 bridgehead atoms. The number of nitrogens with zero attached hydrogens (tertiary/aromatic N) is 1. The monoisotopic (exact) mass is 449 g/mol. The van der Waals surface area contributed by atoms with E-state index >= 15 is 0 Å². The molecule has 1 unspecified atom stereocenters. The number of aliphatic hydroxyl groups excluding tert-OH is 1. The summed E-state index contributed by atoms with van der Waals surface area (Å²) in [5, 5.41) is 11.3. The van der Waals surface area contributed by atoms with Gasteiger partial charge in [-0.3, -0.25) is 9.59 Å². The minimum atomic E-state index is -0.637. The van der Waals surface area contributed by atoms with Gasteiger partial charge in [0, 0.05) is 11.6 Å². The second-order valence-electron chi connectivity index (χ2n) is 9.06. The lowest BCUT2D eigenvalue weighted by Crippen LogP contribution is -2.37. The average Bonchev–Trinajstić information content (AvgIpc) is 3.40. The molecule has 6 heteroatoms. The van der Waals surface area contributed by atoms with Crippen LogP contribution in [0.4, 0.5) is 0 Å². The Bertz CT molecular complexity index is 1080. The lowest BCUT2D eigenvalue weighted by molar-refractivity contribution is -0.141. The van der Waals surface area contributed by atoms with Gasteiger partial charge in [-0.1, -0.05) is 25.0 Å². The molecule has 1 amide bonds. The average molecular weight is 450 g/mol. The number of ether oxygens (including phenoxy) is 2. The third kappa shape index (κ3) is 4.34. The van der Waals surface area contributed by atoms with Crippen LogP contribution in [-0.2, 0) is 9.59 Å². The first-order valence-electron chi connectivity index (χ1n) is 11.5. The minimum Gasteiger partial charge on any atom is -0.507 e. The number of carbonyl (C=O) groups is 2. The van der Waals surface area contributed by atoms with E-state index in [0.717, 1.165) is 42.6 Å². The largest absolute Gasteiger partial charge is 0.507 e. The zero-order valence-electron chi connectivity index (χ0n) is 19.6. The van der Waals surface area contributed by atoms with Crippen LogP contribution in [0, 0.1) is 6.92 Å². The molecule has 0 aromatic heterocycles. The highest BCUT2D eigenvalue weighted by atomic mass is 16.5. The van der Waals surface area contributed by atoms with Crippen LogP contribution in [-0.4, -0.2) is 41.0 Å². The molecule has 2 aromatic carbocycles. The van der Waals surface area contributed by atoms with E-state index in [-0.39, 0.29) is 23.5 Å². The van der Waals surface area contributed by atoms with Gasteiger partial charge in [-0.05, 0) is 75.1 Å². The molecule has 1 aliphatic heterocycles. The van der Waals surface area contributed by atoms with E-state index in [1.807, 2.05) is 45.0 Å². The van der Waals surface area contributed by atoms with E-state index in [4.69, 9.17) is 9.47 Å². The number of hydrogen-bond acceptors (Lipinski definition) is 5. The van der Waals surface area contributed by atoms with Crippen molar-refractivity contribution in [1.82, 2.24) is 4.90 Å². The van der Waals surface area contributed by atoms with Crippen LogP contribution in [0.15, 0.2) is 48.0 Å². The molecule has 1 saturated carbocycles. The molecule has 1 aliphatic carbocycles. The van der Waals surface area contributed by atoms with Gasteiger partial charge in [0.25, 0.3) is 11.7 Å². The lowest BCUT2D eigenvalue weighted by Gasteiger charge is -2.31.